The molecule has 0 radical (unpaired) electrons. The highest BCUT2D eigenvalue weighted by Crippen LogP contribution is 2.51. The van der Waals surface area contributed by atoms with Crippen LogP contribution in [-0.2, 0) is 5.41 Å². The predicted molar refractivity (Wildman–Crippen MR) is 267 cm³/mol. The zero-order valence-electron chi connectivity index (χ0n) is 35.3. The molecule has 0 spiro atoms. The fourth-order valence-corrected chi connectivity index (χ4v) is 10.3. The predicted octanol–water partition coefficient (Wildman–Crippen LogP) is 16.7. The summed E-state index contributed by atoms with van der Waals surface area (Å²) < 4.78 is 2.50. The number of hydrogen-bond acceptors (Lipinski definition) is 1. The van der Waals surface area contributed by atoms with E-state index in [1.54, 1.807) is 0 Å². The van der Waals surface area contributed by atoms with Crippen molar-refractivity contribution in [1.29, 1.82) is 0 Å². The highest BCUT2D eigenvalue weighted by Gasteiger charge is 2.36. The molecule has 0 bridgehead atoms. The summed E-state index contributed by atoms with van der Waals surface area (Å²) in [4.78, 5) is 2.45. The van der Waals surface area contributed by atoms with E-state index in [1.807, 2.05) is 0 Å². The van der Waals surface area contributed by atoms with E-state index in [2.05, 4.69) is 254 Å². The first-order valence-corrected chi connectivity index (χ1v) is 21.9. The van der Waals surface area contributed by atoms with Gasteiger partial charge in [-0.05, 0) is 116 Å². The quantitative estimate of drug-likeness (QED) is 0.156. The monoisotopic (exact) mass is 804 g/mol. The zero-order chi connectivity index (χ0) is 42.1. The van der Waals surface area contributed by atoms with Crippen molar-refractivity contribution >= 4 is 49.6 Å². The van der Waals surface area contributed by atoms with Crippen LogP contribution >= 0.6 is 0 Å². The number of fused-ring (bicyclic) bond motifs is 8. The fraction of sp³-hybridized carbons (Fsp3) is 0.0492. The van der Waals surface area contributed by atoms with Crippen molar-refractivity contribution < 1.29 is 0 Å². The number of rotatable bonds is 7. The lowest BCUT2D eigenvalue weighted by molar-refractivity contribution is 0.660. The molecule has 1 aromatic heterocycles. The molecular formula is C61H44N2. The molecule has 0 N–H and O–H groups in total. The van der Waals surface area contributed by atoms with Gasteiger partial charge in [-0.25, -0.2) is 0 Å². The smallest absolute Gasteiger partial charge is 0.0625 e. The third kappa shape index (κ3) is 6.02. The molecule has 11 aromatic rings. The van der Waals surface area contributed by atoms with Gasteiger partial charge in [0, 0.05) is 44.3 Å². The van der Waals surface area contributed by atoms with Gasteiger partial charge >= 0.3 is 0 Å². The lowest BCUT2D eigenvalue weighted by Crippen LogP contribution is -2.16. The van der Waals surface area contributed by atoms with E-state index in [4.69, 9.17) is 0 Å². The van der Waals surface area contributed by atoms with E-state index in [0.29, 0.717) is 0 Å². The third-order valence-corrected chi connectivity index (χ3v) is 13.4. The molecule has 2 heteroatoms. The van der Waals surface area contributed by atoms with Crippen molar-refractivity contribution in [2.75, 3.05) is 4.90 Å². The van der Waals surface area contributed by atoms with Gasteiger partial charge in [0.1, 0.15) is 0 Å². The van der Waals surface area contributed by atoms with Crippen LogP contribution in [0.5, 0.6) is 0 Å². The highest BCUT2D eigenvalue weighted by atomic mass is 15.1. The highest BCUT2D eigenvalue weighted by molar-refractivity contribution is 6.24. The minimum Gasteiger partial charge on any atom is -0.310 e. The molecule has 0 atom stereocenters. The standard InChI is InChI=1S/C61H44N2/c1-61(2)56-25-15-14-24-52(56)53-36-34-49(39-57(53)61)62(48-32-30-44(31-33-48)42-18-8-4-9-19-42)50-35-37-54-58(40-50)63(47-21-10-5-11-22-47)60-51-23-13-12-20-46(51)38-55(59(54)60)45-28-26-43(27-29-45)41-16-6-3-7-17-41/h3-40H,1-2H3. The van der Waals surface area contributed by atoms with Crippen molar-refractivity contribution in [3.63, 3.8) is 0 Å². The first kappa shape index (κ1) is 36.9. The molecule has 0 saturated carbocycles. The summed E-state index contributed by atoms with van der Waals surface area (Å²) in [6.07, 6.45) is 0. The van der Waals surface area contributed by atoms with Gasteiger partial charge in [0.15, 0.2) is 0 Å². The minimum atomic E-state index is -0.134. The molecule has 298 valence electrons. The van der Waals surface area contributed by atoms with Gasteiger partial charge < -0.3 is 9.47 Å². The number of nitrogens with zero attached hydrogens (tertiary/aromatic N) is 2. The van der Waals surface area contributed by atoms with Crippen molar-refractivity contribution in [3.8, 4) is 50.2 Å². The maximum atomic E-state index is 2.50. The average molecular weight is 805 g/mol. The van der Waals surface area contributed by atoms with Crippen LogP contribution < -0.4 is 4.90 Å². The molecule has 2 nitrogen and oxygen atoms in total. The Hall–Kier alpha value is -7.94. The molecule has 1 aliphatic rings. The number of para-hydroxylation sites is 1. The Bertz CT molecular complexity index is 3490. The minimum absolute atomic E-state index is 0.134. The summed E-state index contributed by atoms with van der Waals surface area (Å²) in [7, 11) is 0. The molecule has 0 aliphatic heterocycles. The summed E-state index contributed by atoms with van der Waals surface area (Å²) in [5, 5.41) is 4.92. The molecule has 0 amide bonds. The van der Waals surface area contributed by atoms with E-state index in [0.717, 1.165) is 28.3 Å². The Balaban J connectivity index is 1.11. The van der Waals surface area contributed by atoms with Gasteiger partial charge in [-0.2, -0.15) is 0 Å². The van der Waals surface area contributed by atoms with E-state index in [9.17, 15) is 0 Å². The van der Waals surface area contributed by atoms with E-state index < -0.39 is 0 Å². The Labute approximate surface area is 368 Å². The van der Waals surface area contributed by atoms with Crippen molar-refractivity contribution in [2.24, 2.45) is 0 Å². The first-order valence-electron chi connectivity index (χ1n) is 21.9. The SMILES string of the molecule is CC1(C)c2ccccc2-c2ccc(N(c3ccc(-c4ccccc4)cc3)c3ccc4c5c(-c6ccc(-c7ccccc7)cc6)cc6ccccc6c5n(-c5ccccc5)c4c3)cc21. The molecule has 10 aromatic carbocycles. The van der Waals surface area contributed by atoms with E-state index in [-0.39, 0.29) is 5.41 Å². The van der Waals surface area contributed by atoms with Gasteiger partial charge in [-0.1, -0.05) is 190 Å². The second-order valence-corrected chi connectivity index (χ2v) is 17.3. The number of anilines is 3. The Morgan fingerprint density at radius 2 is 0.889 bits per heavy atom. The molecule has 1 aliphatic carbocycles. The maximum absolute atomic E-state index is 2.50. The molecular weight excluding hydrogens is 761 g/mol. The Kier molecular flexibility index (Phi) is 8.55. The van der Waals surface area contributed by atoms with Gasteiger partial charge in [0.05, 0.1) is 11.0 Å². The van der Waals surface area contributed by atoms with Crippen molar-refractivity contribution in [1.82, 2.24) is 4.57 Å². The average Bonchev–Trinajstić information content (AvgIpc) is 3.81. The largest absolute Gasteiger partial charge is 0.310 e. The summed E-state index contributed by atoms with van der Waals surface area (Å²) in [5.41, 5.74) is 19.3. The second kappa shape index (κ2) is 14.6. The summed E-state index contributed by atoms with van der Waals surface area (Å²) in [5.74, 6) is 0. The normalized spacial score (nSPS) is 12.7. The summed E-state index contributed by atoms with van der Waals surface area (Å²) in [6.45, 7) is 4.73. The Morgan fingerprint density at radius 3 is 1.60 bits per heavy atom. The molecule has 12 rings (SSSR count). The van der Waals surface area contributed by atoms with E-state index in [1.165, 1.54) is 82.7 Å². The topological polar surface area (TPSA) is 8.17 Å². The van der Waals surface area contributed by atoms with E-state index >= 15 is 0 Å². The lowest BCUT2D eigenvalue weighted by Gasteiger charge is -2.28. The van der Waals surface area contributed by atoms with Crippen LogP contribution in [-0.4, -0.2) is 4.57 Å². The third-order valence-electron chi connectivity index (χ3n) is 13.4. The Morgan fingerprint density at radius 1 is 0.365 bits per heavy atom. The first-order chi connectivity index (χ1) is 31.0. The molecule has 0 fully saturated rings. The lowest BCUT2D eigenvalue weighted by atomic mass is 9.82. The van der Waals surface area contributed by atoms with Crippen LogP contribution in [0.2, 0.25) is 0 Å². The summed E-state index contributed by atoms with van der Waals surface area (Å²) in [6, 6.07) is 84.7. The second-order valence-electron chi connectivity index (χ2n) is 17.3. The van der Waals surface area contributed by atoms with Gasteiger partial charge in [-0.3, -0.25) is 0 Å². The fourth-order valence-electron chi connectivity index (χ4n) is 10.3. The molecule has 0 saturated heterocycles. The van der Waals surface area contributed by atoms with Gasteiger partial charge in [0.25, 0.3) is 0 Å². The molecule has 0 unspecified atom stereocenters. The van der Waals surface area contributed by atoms with Crippen LogP contribution in [0, 0.1) is 0 Å². The molecule has 63 heavy (non-hydrogen) atoms. The van der Waals surface area contributed by atoms with Gasteiger partial charge in [0.2, 0.25) is 0 Å². The van der Waals surface area contributed by atoms with Crippen LogP contribution in [0.1, 0.15) is 25.0 Å². The van der Waals surface area contributed by atoms with Crippen LogP contribution in [0.4, 0.5) is 17.1 Å². The van der Waals surface area contributed by atoms with Gasteiger partial charge in [-0.15, -0.1) is 0 Å². The van der Waals surface area contributed by atoms with Crippen molar-refractivity contribution in [2.45, 2.75) is 19.3 Å². The number of hydrogen-bond donors (Lipinski definition) is 0. The van der Waals surface area contributed by atoms with Crippen LogP contribution in [0.3, 0.4) is 0 Å². The number of aromatic nitrogens is 1. The van der Waals surface area contributed by atoms with Crippen LogP contribution in [0.15, 0.2) is 231 Å². The van der Waals surface area contributed by atoms with Crippen molar-refractivity contribution in [3.05, 3.63) is 242 Å². The summed E-state index contributed by atoms with van der Waals surface area (Å²) >= 11 is 0. The maximum Gasteiger partial charge on any atom is 0.0625 e. The molecule has 1 heterocycles. The van der Waals surface area contributed by atoms with Crippen LogP contribution in [0.25, 0.3) is 82.8 Å². The zero-order valence-corrected chi connectivity index (χ0v) is 35.3. The number of benzene rings is 10.